The van der Waals surface area contributed by atoms with Crippen LogP contribution in [0.1, 0.15) is 17.0 Å². The zero-order chi connectivity index (χ0) is 14.7. The van der Waals surface area contributed by atoms with Gasteiger partial charge in [-0.2, -0.15) is 0 Å². The zero-order valence-electron chi connectivity index (χ0n) is 12.3. The van der Waals surface area contributed by atoms with Gasteiger partial charge < -0.3 is 5.32 Å². The van der Waals surface area contributed by atoms with Gasteiger partial charge in [0.05, 0.1) is 16.9 Å². The Morgan fingerprint density at radius 3 is 2.81 bits per heavy atom. The number of aromatic nitrogens is 3. The minimum Gasteiger partial charge on any atom is -0.368 e. The Hall–Kier alpha value is -2.49. The summed E-state index contributed by atoms with van der Waals surface area (Å²) < 4.78 is 0. The van der Waals surface area contributed by atoms with E-state index in [-0.39, 0.29) is 0 Å². The lowest BCUT2D eigenvalue weighted by atomic mass is 10.1. The zero-order valence-corrected chi connectivity index (χ0v) is 12.3. The van der Waals surface area contributed by atoms with Crippen LogP contribution in [0.3, 0.4) is 0 Å². The SMILES string of the molecule is Cc1cnc(C)c(NCCc2cccc3cccnc23)n1. The maximum Gasteiger partial charge on any atom is 0.147 e. The van der Waals surface area contributed by atoms with E-state index in [1.807, 2.05) is 26.1 Å². The highest BCUT2D eigenvalue weighted by Crippen LogP contribution is 2.16. The Bertz CT molecular complexity index is 762. The van der Waals surface area contributed by atoms with Gasteiger partial charge in [-0.1, -0.05) is 24.3 Å². The average molecular weight is 278 g/mol. The van der Waals surface area contributed by atoms with E-state index in [9.17, 15) is 0 Å². The molecule has 0 aliphatic rings. The first-order valence-corrected chi connectivity index (χ1v) is 7.11. The highest BCUT2D eigenvalue weighted by Gasteiger charge is 2.04. The topological polar surface area (TPSA) is 50.7 Å². The van der Waals surface area contributed by atoms with E-state index in [2.05, 4.69) is 44.5 Å². The number of hydrogen-bond acceptors (Lipinski definition) is 4. The second-order valence-corrected chi connectivity index (χ2v) is 5.11. The third-order valence-electron chi connectivity index (χ3n) is 3.48. The smallest absolute Gasteiger partial charge is 0.147 e. The minimum absolute atomic E-state index is 0.814. The lowest BCUT2D eigenvalue weighted by Crippen LogP contribution is -2.09. The molecule has 3 aromatic rings. The van der Waals surface area contributed by atoms with Gasteiger partial charge in [0.1, 0.15) is 5.82 Å². The lowest BCUT2D eigenvalue weighted by molar-refractivity contribution is 0.978. The number of aryl methyl sites for hydroxylation is 2. The van der Waals surface area contributed by atoms with Crippen LogP contribution in [-0.4, -0.2) is 21.5 Å². The van der Waals surface area contributed by atoms with Gasteiger partial charge in [0.2, 0.25) is 0 Å². The highest BCUT2D eigenvalue weighted by atomic mass is 15.0. The molecule has 2 aromatic heterocycles. The summed E-state index contributed by atoms with van der Waals surface area (Å²) in [6, 6.07) is 10.4. The molecule has 0 fully saturated rings. The molecule has 0 bridgehead atoms. The molecule has 1 N–H and O–H groups in total. The van der Waals surface area contributed by atoms with Crippen LogP contribution >= 0.6 is 0 Å². The maximum absolute atomic E-state index is 4.48. The molecule has 1 aromatic carbocycles. The van der Waals surface area contributed by atoms with E-state index in [0.29, 0.717) is 0 Å². The number of nitrogens with one attached hydrogen (secondary N) is 1. The van der Waals surface area contributed by atoms with Crippen LogP contribution < -0.4 is 5.32 Å². The molecule has 0 saturated carbocycles. The Morgan fingerprint density at radius 2 is 1.90 bits per heavy atom. The highest BCUT2D eigenvalue weighted by molar-refractivity contribution is 5.81. The van der Waals surface area contributed by atoms with E-state index in [1.165, 1.54) is 10.9 Å². The molecule has 106 valence electrons. The van der Waals surface area contributed by atoms with Crippen LogP contribution in [0.4, 0.5) is 5.82 Å². The number of nitrogens with zero attached hydrogens (tertiary/aromatic N) is 3. The van der Waals surface area contributed by atoms with Gasteiger partial charge in [-0.05, 0) is 31.9 Å². The van der Waals surface area contributed by atoms with E-state index in [0.717, 1.165) is 35.7 Å². The number of hydrogen-bond donors (Lipinski definition) is 1. The third-order valence-corrected chi connectivity index (χ3v) is 3.48. The molecule has 4 heteroatoms. The van der Waals surface area contributed by atoms with Crippen molar-refractivity contribution < 1.29 is 0 Å². The Kier molecular flexibility index (Phi) is 3.77. The van der Waals surface area contributed by atoms with Crippen LogP contribution in [0.5, 0.6) is 0 Å². The van der Waals surface area contributed by atoms with Crippen molar-refractivity contribution in [3.05, 3.63) is 59.7 Å². The summed E-state index contributed by atoms with van der Waals surface area (Å²) in [5.74, 6) is 0.864. The second kappa shape index (κ2) is 5.87. The van der Waals surface area contributed by atoms with Gasteiger partial charge in [-0.15, -0.1) is 0 Å². The van der Waals surface area contributed by atoms with Crippen molar-refractivity contribution in [3.8, 4) is 0 Å². The van der Waals surface area contributed by atoms with Crippen LogP contribution in [0.15, 0.2) is 42.7 Å². The Balaban J connectivity index is 1.74. The molecule has 0 saturated heterocycles. The van der Waals surface area contributed by atoms with E-state index >= 15 is 0 Å². The molecule has 0 atom stereocenters. The van der Waals surface area contributed by atoms with Crippen LogP contribution in [-0.2, 0) is 6.42 Å². The molecule has 0 spiro atoms. The first-order chi connectivity index (χ1) is 10.2. The van der Waals surface area contributed by atoms with Crippen molar-refractivity contribution in [3.63, 3.8) is 0 Å². The van der Waals surface area contributed by atoms with Crippen molar-refractivity contribution in [2.75, 3.05) is 11.9 Å². The maximum atomic E-state index is 4.48. The van der Waals surface area contributed by atoms with Gasteiger partial charge in [-0.3, -0.25) is 9.97 Å². The normalized spacial score (nSPS) is 10.8. The van der Waals surface area contributed by atoms with Crippen molar-refractivity contribution in [1.29, 1.82) is 0 Å². The number of anilines is 1. The summed E-state index contributed by atoms with van der Waals surface area (Å²) >= 11 is 0. The third kappa shape index (κ3) is 2.99. The molecule has 3 rings (SSSR count). The standard InChI is InChI=1S/C17H18N4/c1-12-11-20-13(2)17(21-12)19-10-8-15-6-3-5-14-7-4-9-18-16(14)15/h3-7,9,11H,8,10H2,1-2H3,(H,19,21). The molecular weight excluding hydrogens is 260 g/mol. The van der Waals surface area contributed by atoms with Gasteiger partial charge >= 0.3 is 0 Å². The molecule has 0 radical (unpaired) electrons. The quantitative estimate of drug-likeness (QED) is 0.795. The number of benzene rings is 1. The Labute approximate surface area is 124 Å². The summed E-state index contributed by atoms with van der Waals surface area (Å²) in [6.45, 7) is 4.73. The first-order valence-electron chi connectivity index (χ1n) is 7.11. The largest absolute Gasteiger partial charge is 0.368 e. The van der Waals surface area contributed by atoms with E-state index in [1.54, 1.807) is 6.20 Å². The monoisotopic (exact) mass is 278 g/mol. The summed E-state index contributed by atoms with van der Waals surface area (Å²) in [5.41, 5.74) is 4.18. The van der Waals surface area contributed by atoms with Gasteiger partial charge in [-0.25, -0.2) is 4.98 Å². The van der Waals surface area contributed by atoms with Crippen LogP contribution in [0.2, 0.25) is 0 Å². The summed E-state index contributed by atoms with van der Waals surface area (Å²) in [5, 5.41) is 4.55. The van der Waals surface area contributed by atoms with Crippen molar-refractivity contribution in [2.45, 2.75) is 20.3 Å². The molecule has 21 heavy (non-hydrogen) atoms. The minimum atomic E-state index is 0.814. The molecule has 0 aliphatic heterocycles. The van der Waals surface area contributed by atoms with Gasteiger partial charge in [0.15, 0.2) is 0 Å². The lowest BCUT2D eigenvalue weighted by Gasteiger charge is -2.09. The number of rotatable bonds is 4. The van der Waals surface area contributed by atoms with Crippen molar-refractivity contribution >= 4 is 16.7 Å². The van der Waals surface area contributed by atoms with Gasteiger partial charge in [0, 0.05) is 24.3 Å². The first kappa shape index (κ1) is 13.5. The summed E-state index contributed by atoms with van der Waals surface area (Å²) in [6.07, 6.45) is 4.54. The molecule has 0 unspecified atom stereocenters. The van der Waals surface area contributed by atoms with Crippen molar-refractivity contribution in [1.82, 2.24) is 15.0 Å². The summed E-state index contributed by atoms with van der Waals surface area (Å²) in [4.78, 5) is 13.3. The fraction of sp³-hybridized carbons (Fsp3) is 0.235. The molecule has 2 heterocycles. The molecule has 0 amide bonds. The number of fused-ring (bicyclic) bond motifs is 1. The van der Waals surface area contributed by atoms with E-state index in [4.69, 9.17) is 0 Å². The summed E-state index contributed by atoms with van der Waals surface area (Å²) in [7, 11) is 0. The number of para-hydroxylation sites is 1. The van der Waals surface area contributed by atoms with Crippen molar-refractivity contribution in [2.24, 2.45) is 0 Å². The fourth-order valence-electron chi connectivity index (χ4n) is 2.39. The van der Waals surface area contributed by atoms with E-state index < -0.39 is 0 Å². The fourth-order valence-corrected chi connectivity index (χ4v) is 2.39. The molecule has 4 nitrogen and oxygen atoms in total. The molecular formula is C17H18N4. The average Bonchev–Trinajstić information content (AvgIpc) is 2.51. The van der Waals surface area contributed by atoms with Crippen LogP contribution in [0.25, 0.3) is 10.9 Å². The molecule has 0 aliphatic carbocycles. The second-order valence-electron chi connectivity index (χ2n) is 5.11. The number of pyridine rings is 1. The van der Waals surface area contributed by atoms with Gasteiger partial charge in [0.25, 0.3) is 0 Å². The predicted molar refractivity (Wildman–Crippen MR) is 85.4 cm³/mol. The Morgan fingerprint density at radius 1 is 1.05 bits per heavy atom. The predicted octanol–water partition coefficient (Wildman–Crippen LogP) is 3.30. The van der Waals surface area contributed by atoms with Crippen LogP contribution in [0, 0.1) is 13.8 Å².